The van der Waals surface area contributed by atoms with E-state index in [0.29, 0.717) is 21.4 Å². The zero-order valence-corrected chi connectivity index (χ0v) is 12.6. The van der Waals surface area contributed by atoms with Crippen LogP contribution in [0.25, 0.3) is 22.4 Å². The zero-order valence-electron chi connectivity index (χ0n) is 11.1. The summed E-state index contributed by atoms with van der Waals surface area (Å²) in [6, 6.07) is 11.0. The minimum absolute atomic E-state index is 0.104. The number of rotatable bonds is 2. The van der Waals surface area contributed by atoms with E-state index in [-0.39, 0.29) is 5.91 Å². The van der Waals surface area contributed by atoms with Gasteiger partial charge in [-0.3, -0.25) is 4.79 Å². The summed E-state index contributed by atoms with van der Waals surface area (Å²) in [5.41, 5.74) is 3.10. The van der Waals surface area contributed by atoms with Gasteiger partial charge in [0.2, 0.25) is 5.91 Å². The van der Waals surface area contributed by atoms with Gasteiger partial charge in [-0.05, 0) is 36.4 Å². The molecule has 1 heterocycles. The SMILES string of the molecule is CC(=O)Nc1ccc(-c2nc3c(Cl)c(Cl)ccc3[nH]2)cc1. The number of aromatic nitrogens is 2. The molecule has 0 saturated carbocycles. The van der Waals surface area contributed by atoms with Crippen LogP contribution in [0.15, 0.2) is 36.4 Å². The standard InChI is InChI=1S/C15H11Cl2N3O/c1-8(21)18-10-4-2-9(3-5-10)15-19-12-7-6-11(16)13(17)14(12)20-15/h2-7H,1H3,(H,18,21)(H,19,20). The van der Waals surface area contributed by atoms with Gasteiger partial charge in [-0.2, -0.15) is 0 Å². The number of hydrogen-bond donors (Lipinski definition) is 2. The molecule has 0 bridgehead atoms. The maximum atomic E-state index is 11.0. The second-order valence-electron chi connectivity index (χ2n) is 4.60. The van der Waals surface area contributed by atoms with Gasteiger partial charge in [-0.25, -0.2) is 4.98 Å². The Hall–Kier alpha value is -2.04. The van der Waals surface area contributed by atoms with Crippen molar-refractivity contribution >= 4 is 45.8 Å². The van der Waals surface area contributed by atoms with Gasteiger partial charge in [-0.1, -0.05) is 23.2 Å². The summed E-state index contributed by atoms with van der Waals surface area (Å²) in [5, 5.41) is 3.63. The number of nitrogens with one attached hydrogen (secondary N) is 2. The second kappa shape index (κ2) is 5.39. The highest BCUT2D eigenvalue weighted by Crippen LogP contribution is 2.31. The molecule has 0 unspecified atom stereocenters. The summed E-state index contributed by atoms with van der Waals surface area (Å²) in [4.78, 5) is 18.7. The molecule has 0 saturated heterocycles. The van der Waals surface area contributed by atoms with Crippen molar-refractivity contribution in [3.05, 3.63) is 46.4 Å². The van der Waals surface area contributed by atoms with Crippen molar-refractivity contribution in [1.29, 1.82) is 0 Å². The third kappa shape index (κ3) is 2.73. The highest BCUT2D eigenvalue weighted by molar-refractivity contribution is 6.44. The molecule has 21 heavy (non-hydrogen) atoms. The number of benzene rings is 2. The lowest BCUT2D eigenvalue weighted by molar-refractivity contribution is -0.114. The summed E-state index contributed by atoms with van der Waals surface area (Å²) in [6.07, 6.45) is 0. The fourth-order valence-electron chi connectivity index (χ4n) is 2.07. The molecule has 106 valence electrons. The summed E-state index contributed by atoms with van der Waals surface area (Å²) in [7, 11) is 0. The summed E-state index contributed by atoms with van der Waals surface area (Å²) in [6.45, 7) is 1.47. The van der Waals surface area contributed by atoms with E-state index in [0.717, 1.165) is 16.8 Å². The summed E-state index contributed by atoms with van der Waals surface area (Å²) >= 11 is 12.1. The molecule has 3 aromatic rings. The Morgan fingerprint density at radius 2 is 1.86 bits per heavy atom. The Morgan fingerprint density at radius 3 is 2.52 bits per heavy atom. The van der Waals surface area contributed by atoms with E-state index in [1.165, 1.54) is 6.92 Å². The fraction of sp³-hybridized carbons (Fsp3) is 0.0667. The van der Waals surface area contributed by atoms with Crippen LogP contribution in [0.4, 0.5) is 5.69 Å². The number of halogens is 2. The van der Waals surface area contributed by atoms with Crippen LogP contribution in [0.1, 0.15) is 6.92 Å². The first-order chi connectivity index (χ1) is 10.0. The lowest BCUT2D eigenvalue weighted by Gasteiger charge is -2.02. The molecular formula is C15H11Cl2N3O. The lowest BCUT2D eigenvalue weighted by atomic mass is 10.2. The predicted molar refractivity (Wildman–Crippen MR) is 85.9 cm³/mol. The number of carbonyl (C=O) groups is 1. The molecule has 0 atom stereocenters. The Morgan fingerprint density at radius 1 is 1.14 bits per heavy atom. The van der Waals surface area contributed by atoms with Crippen molar-refractivity contribution in [2.75, 3.05) is 5.32 Å². The smallest absolute Gasteiger partial charge is 0.221 e. The average Bonchev–Trinajstić information content (AvgIpc) is 2.88. The molecule has 0 aliphatic rings. The van der Waals surface area contributed by atoms with Gasteiger partial charge in [0.25, 0.3) is 0 Å². The fourth-order valence-corrected chi connectivity index (χ4v) is 2.43. The van der Waals surface area contributed by atoms with Crippen molar-refractivity contribution in [3.63, 3.8) is 0 Å². The molecule has 1 amide bonds. The molecule has 0 spiro atoms. The first-order valence-corrected chi connectivity index (χ1v) is 7.02. The average molecular weight is 320 g/mol. The van der Waals surface area contributed by atoms with Gasteiger partial charge < -0.3 is 10.3 Å². The minimum atomic E-state index is -0.104. The van der Waals surface area contributed by atoms with E-state index >= 15 is 0 Å². The van der Waals surface area contributed by atoms with Gasteiger partial charge in [0.1, 0.15) is 11.3 Å². The maximum absolute atomic E-state index is 11.0. The Labute approximate surface area is 131 Å². The number of anilines is 1. The molecule has 3 rings (SSSR count). The van der Waals surface area contributed by atoms with Crippen LogP contribution >= 0.6 is 23.2 Å². The van der Waals surface area contributed by atoms with Crippen molar-refractivity contribution < 1.29 is 4.79 Å². The highest BCUT2D eigenvalue weighted by Gasteiger charge is 2.10. The monoisotopic (exact) mass is 319 g/mol. The molecule has 2 N–H and O–H groups in total. The molecule has 0 radical (unpaired) electrons. The quantitative estimate of drug-likeness (QED) is 0.730. The van der Waals surface area contributed by atoms with Crippen molar-refractivity contribution in [3.8, 4) is 11.4 Å². The van der Waals surface area contributed by atoms with E-state index in [4.69, 9.17) is 23.2 Å². The van der Waals surface area contributed by atoms with Crippen LogP contribution in [0.3, 0.4) is 0 Å². The number of aromatic amines is 1. The van der Waals surface area contributed by atoms with Gasteiger partial charge >= 0.3 is 0 Å². The molecule has 1 aromatic heterocycles. The van der Waals surface area contributed by atoms with Gasteiger partial charge in [0.15, 0.2) is 0 Å². The van der Waals surface area contributed by atoms with Crippen molar-refractivity contribution in [1.82, 2.24) is 9.97 Å². The van der Waals surface area contributed by atoms with E-state index < -0.39 is 0 Å². The topological polar surface area (TPSA) is 57.8 Å². The van der Waals surface area contributed by atoms with Crippen LogP contribution in [0, 0.1) is 0 Å². The highest BCUT2D eigenvalue weighted by atomic mass is 35.5. The number of amides is 1. The van der Waals surface area contributed by atoms with E-state index in [9.17, 15) is 4.79 Å². The molecule has 2 aromatic carbocycles. The largest absolute Gasteiger partial charge is 0.338 e. The second-order valence-corrected chi connectivity index (χ2v) is 5.39. The van der Waals surface area contributed by atoms with Gasteiger partial charge in [-0.15, -0.1) is 0 Å². The van der Waals surface area contributed by atoms with Crippen molar-refractivity contribution in [2.24, 2.45) is 0 Å². The van der Waals surface area contributed by atoms with Gasteiger partial charge in [0.05, 0.1) is 15.6 Å². The number of H-pyrrole nitrogens is 1. The predicted octanol–water partition coefficient (Wildman–Crippen LogP) is 4.50. The Kier molecular flexibility index (Phi) is 3.57. The van der Waals surface area contributed by atoms with Crippen molar-refractivity contribution in [2.45, 2.75) is 6.92 Å². The van der Waals surface area contributed by atoms with E-state index in [1.54, 1.807) is 6.07 Å². The van der Waals surface area contributed by atoms with Crippen LogP contribution in [-0.4, -0.2) is 15.9 Å². The van der Waals surface area contributed by atoms with Crippen LogP contribution in [-0.2, 0) is 4.79 Å². The van der Waals surface area contributed by atoms with Gasteiger partial charge in [0, 0.05) is 18.2 Å². The molecule has 0 aliphatic heterocycles. The normalized spacial score (nSPS) is 10.8. The number of carbonyl (C=O) groups excluding carboxylic acids is 1. The molecule has 6 heteroatoms. The molecule has 0 aliphatic carbocycles. The molecular weight excluding hydrogens is 309 g/mol. The summed E-state index contributed by atoms with van der Waals surface area (Å²) in [5.74, 6) is 0.594. The number of nitrogens with zero attached hydrogens (tertiary/aromatic N) is 1. The van der Waals surface area contributed by atoms with Crippen LogP contribution in [0.2, 0.25) is 10.0 Å². The van der Waals surface area contributed by atoms with Crippen LogP contribution in [0.5, 0.6) is 0 Å². The van der Waals surface area contributed by atoms with E-state index in [2.05, 4.69) is 15.3 Å². The zero-order chi connectivity index (χ0) is 15.0. The molecule has 0 fully saturated rings. The first kappa shape index (κ1) is 13.9. The number of imidazole rings is 1. The Balaban J connectivity index is 2.00. The number of hydrogen-bond acceptors (Lipinski definition) is 2. The number of fused-ring (bicyclic) bond motifs is 1. The minimum Gasteiger partial charge on any atom is -0.338 e. The Bertz CT molecular complexity index is 825. The molecule has 4 nitrogen and oxygen atoms in total. The van der Waals surface area contributed by atoms with E-state index in [1.807, 2.05) is 30.3 Å². The lowest BCUT2D eigenvalue weighted by Crippen LogP contribution is -2.05. The third-order valence-electron chi connectivity index (χ3n) is 3.02. The summed E-state index contributed by atoms with van der Waals surface area (Å²) < 4.78 is 0. The maximum Gasteiger partial charge on any atom is 0.221 e. The third-order valence-corrected chi connectivity index (χ3v) is 3.82. The first-order valence-electron chi connectivity index (χ1n) is 6.26. The van der Waals surface area contributed by atoms with Crippen LogP contribution < -0.4 is 5.32 Å².